The fourth-order valence-electron chi connectivity index (χ4n) is 1.30. The van der Waals surface area contributed by atoms with Crippen molar-refractivity contribution in [3.8, 4) is 5.75 Å². The molecule has 0 bridgehead atoms. The van der Waals surface area contributed by atoms with Crippen molar-refractivity contribution < 1.29 is 23.8 Å². The van der Waals surface area contributed by atoms with Gasteiger partial charge in [0.05, 0.1) is 13.7 Å². The first-order chi connectivity index (χ1) is 10.2. The van der Waals surface area contributed by atoms with E-state index in [-0.39, 0.29) is 6.61 Å². The van der Waals surface area contributed by atoms with Crippen molar-refractivity contribution in [2.75, 3.05) is 20.3 Å². The van der Waals surface area contributed by atoms with Gasteiger partial charge in [-0.1, -0.05) is 18.2 Å². The smallest absolute Gasteiger partial charge is 0.410 e. The van der Waals surface area contributed by atoms with Gasteiger partial charge in [0.15, 0.2) is 0 Å². The van der Waals surface area contributed by atoms with Crippen LogP contribution in [0.2, 0.25) is 0 Å². The van der Waals surface area contributed by atoms with Crippen LogP contribution in [0.5, 0.6) is 5.75 Å². The van der Waals surface area contributed by atoms with Crippen molar-refractivity contribution in [2.45, 2.75) is 0 Å². The Morgan fingerprint density at radius 2 is 2.00 bits per heavy atom. The molecule has 1 amide bonds. The zero-order valence-corrected chi connectivity index (χ0v) is 11.7. The fraction of sp³-hybridized carbons (Fsp3) is 0.200. The Bertz CT molecular complexity index is 507. The number of esters is 1. The number of ether oxygens (including phenoxy) is 3. The molecule has 1 rings (SSSR count). The minimum Gasteiger partial charge on any atom is -0.453 e. The first-order valence-electron chi connectivity index (χ1n) is 6.16. The topological polar surface area (TPSA) is 73.9 Å². The van der Waals surface area contributed by atoms with Crippen molar-refractivity contribution >= 4 is 18.1 Å². The van der Waals surface area contributed by atoms with E-state index in [1.807, 2.05) is 0 Å². The van der Waals surface area contributed by atoms with Gasteiger partial charge in [-0.15, -0.1) is 6.58 Å². The van der Waals surface area contributed by atoms with E-state index >= 15 is 0 Å². The van der Waals surface area contributed by atoms with Gasteiger partial charge >= 0.3 is 12.1 Å². The first kappa shape index (κ1) is 16.5. The highest BCUT2D eigenvalue weighted by molar-refractivity contribution is 5.73. The van der Waals surface area contributed by atoms with E-state index in [1.54, 1.807) is 36.4 Å². The van der Waals surface area contributed by atoms with Crippen LogP contribution in [0.15, 0.2) is 43.1 Å². The Balaban J connectivity index is 2.44. The van der Waals surface area contributed by atoms with Crippen molar-refractivity contribution in [3.63, 3.8) is 0 Å². The monoisotopic (exact) mass is 291 g/mol. The maximum absolute atomic E-state index is 11.4. The third-order valence-electron chi connectivity index (χ3n) is 2.23. The number of hydrogen-bond acceptors (Lipinski definition) is 5. The van der Waals surface area contributed by atoms with Gasteiger partial charge in [-0.2, -0.15) is 0 Å². The van der Waals surface area contributed by atoms with Crippen LogP contribution in [0.25, 0.3) is 6.08 Å². The minimum atomic E-state index is -0.545. The highest BCUT2D eigenvalue weighted by Crippen LogP contribution is 2.13. The zero-order chi connectivity index (χ0) is 15.5. The maximum Gasteiger partial charge on any atom is 0.410 e. The lowest BCUT2D eigenvalue weighted by molar-refractivity contribution is -0.139. The number of carbonyl (C=O) groups is 2. The second-order valence-corrected chi connectivity index (χ2v) is 3.82. The normalized spacial score (nSPS) is 10.1. The third kappa shape index (κ3) is 6.93. The lowest BCUT2D eigenvalue weighted by Crippen LogP contribution is -2.16. The van der Waals surface area contributed by atoms with Gasteiger partial charge in [-0.25, -0.2) is 9.59 Å². The van der Waals surface area contributed by atoms with E-state index in [0.717, 1.165) is 5.56 Å². The summed E-state index contributed by atoms with van der Waals surface area (Å²) in [6, 6.07) is 6.76. The predicted molar refractivity (Wildman–Crippen MR) is 77.7 cm³/mol. The Morgan fingerprint density at radius 3 is 2.62 bits per heavy atom. The fourth-order valence-corrected chi connectivity index (χ4v) is 1.30. The van der Waals surface area contributed by atoms with Crippen LogP contribution in [0.4, 0.5) is 4.79 Å². The van der Waals surface area contributed by atoms with Gasteiger partial charge in [0, 0.05) is 6.20 Å². The Kier molecular flexibility index (Phi) is 7.31. The highest BCUT2D eigenvalue weighted by atomic mass is 16.6. The SMILES string of the molecule is C=CCOCC(=O)Oc1ccc(C=CNC(=O)OC)cc1. The lowest BCUT2D eigenvalue weighted by atomic mass is 10.2. The molecule has 112 valence electrons. The van der Waals surface area contributed by atoms with E-state index in [4.69, 9.17) is 9.47 Å². The number of benzene rings is 1. The van der Waals surface area contributed by atoms with Gasteiger partial charge in [-0.05, 0) is 23.8 Å². The third-order valence-corrected chi connectivity index (χ3v) is 2.23. The Labute approximate surface area is 123 Å². The van der Waals surface area contributed by atoms with E-state index < -0.39 is 12.1 Å². The molecule has 0 atom stereocenters. The number of rotatable bonds is 7. The van der Waals surface area contributed by atoms with Gasteiger partial charge in [-0.3, -0.25) is 5.32 Å². The van der Waals surface area contributed by atoms with Crippen molar-refractivity contribution in [1.82, 2.24) is 5.32 Å². The predicted octanol–water partition coefficient (Wildman–Crippen LogP) is 2.12. The molecule has 0 aliphatic rings. The van der Waals surface area contributed by atoms with Crippen molar-refractivity contribution in [3.05, 3.63) is 48.7 Å². The summed E-state index contributed by atoms with van der Waals surface area (Å²) in [5, 5.41) is 2.40. The molecular weight excluding hydrogens is 274 g/mol. The molecule has 6 heteroatoms. The summed E-state index contributed by atoms with van der Waals surface area (Å²) in [5.41, 5.74) is 0.828. The minimum absolute atomic E-state index is 0.128. The molecule has 0 fully saturated rings. The van der Waals surface area contributed by atoms with E-state index in [2.05, 4.69) is 16.6 Å². The molecule has 1 N–H and O–H groups in total. The molecule has 0 heterocycles. The van der Waals surface area contributed by atoms with Crippen molar-refractivity contribution in [1.29, 1.82) is 0 Å². The molecule has 1 aromatic rings. The Hall–Kier alpha value is -2.60. The van der Waals surface area contributed by atoms with Gasteiger partial charge in [0.25, 0.3) is 0 Å². The van der Waals surface area contributed by atoms with E-state index in [0.29, 0.717) is 12.4 Å². The summed E-state index contributed by atoms with van der Waals surface area (Å²) in [6.45, 7) is 3.64. The molecule has 0 aliphatic carbocycles. The zero-order valence-electron chi connectivity index (χ0n) is 11.7. The molecule has 21 heavy (non-hydrogen) atoms. The molecule has 0 saturated heterocycles. The maximum atomic E-state index is 11.4. The number of methoxy groups -OCH3 is 1. The molecule has 6 nitrogen and oxygen atoms in total. The van der Waals surface area contributed by atoms with Gasteiger partial charge < -0.3 is 14.2 Å². The highest BCUT2D eigenvalue weighted by Gasteiger charge is 2.04. The van der Waals surface area contributed by atoms with Crippen LogP contribution in [-0.4, -0.2) is 32.4 Å². The van der Waals surface area contributed by atoms with Crippen LogP contribution < -0.4 is 10.1 Å². The van der Waals surface area contributed by atoms with Gasteiger partial charge in [0.1, 0.15) is 12.4 Å². The van der Waals surface area contributed by atoms with E-state index in [1.165, 1.54) is 13.3 Å². The standard InChI is InChI=1S/C15H17NO5/c1-3-10-20-11-14(17)21-13-6-4-12(5-7-13)8-9-16-15(18)19-2/h3-9H,1,10-11H2,2H3,(H,16,18). The van der Waals surface area contributed by atoms with Crippen LogP contribution >= 0.6 is 0 Å². The molecule has 0 saturated carbocycles. The summed E-state index contributed by atoms with van der Waals surface area (Å²) >= 11 is 0. The van der Waals surface area contributed by atoms with Crippen LogP contribution in [0.3, 0.4) is 0 Å². The number of nitrogens with one attached hydrogen (secondary N) is 1. The summed E-state index contributed by atoms with van der Waals surface area (Å²) in [5.74, 6) is -0.0622. The van der Waals surface area contributed by atoms with Crippen LogP contribution in [0, 0.1) is 0 Å². The summed E-state index contributed by atoms with van der Waals surface area (Å²) in [7, 11) is 1.28. The molecule has 0 spiro atoms. The molecule has 1 aromatic carbocycles. The van der Waals surface area contributed by atoms with Gasteiger partial charge in [0.2, 0.25) is 0 Å². The number of amides is 1. The average Bonchev–Trinajstić information content (AvgIpc) is 2.49. The second kappa shape index (κ2) is 9.33. The van der Waals surface area contributed by atoms with Crippen LogP contribution in [0.1, 0.15) is 5.56 Å². The van der Waals surface area contributed by atoms with Crippen LogP contribution in [-0.2, 0) is 14.3 Å². The van der Waals surface area contributed by atoms with Crippen molar-refractivity contribution in [2.24, 2.45) is 0 Å². The largest absolute Gasteiger partial charge is 0.453 e. The first-order valence-corrected chi connectivity index (χ1v) is 6.16. The lowest BCUT2D eigenvalue weighted by Gasteiger charge is -2.04. The molecule has 0 aliphatic heterocycles. The average molecular weight is 291 g/mol. The van der Waals surface area contributed by atoms with E-state index in [9.17, 15) is 9.59 Å². The number of carbonyl (C=O) groups excluding carboxylic acids is 2. The molecular formula is C15H17NO5. The quantitative estimate of drug-likeness (QED) is 0.360. The number of hydrogen-bond donors (Lipinski definition) is 1. The molecule has 0 radical (unpaired) electrons. The summed E-state index contributed by atoms with van der Waals surface area (Å²) in [6.07, 6.45) is 4.14. The number of alkyl carbamates (subject to hydrolysis) is 1. The molecule has 0 aromatic heterocycles. The summed E-state index contributed by atoms with van der Waals surface area (Å²) < 4.78 is 14.4. The Morgan fingerprint density at radius 1 is 1.29 bits per heavy atom. The summed E-state index contributed by atoms with van der Waals surface area (Å²) in [4.78, 5) is 22.2. The molecule has 0 unspecified atom stereocenters. The second-order valence-electron chi connectivity index (χ2n) is 3.82.